The average Bonchev–Trinajstić information content (AvgIpc) is 3.33. The van der Waals surface area contributed by atoms with E-state index in [1.165, 1.54) is 6.07 Å². The number of pyridine rings is 1. The number of carbonyl (C=O) groups excluding carboxylic acids is 1. The molecule has 1 aliphatic carbocycles. The number of fused-ring (bicyclic) bond motifs is 1. The lowest BCUT2D eigenvalue weighted by Gasteiger charge is -2.33. The maximum Gasteiger partial charge on any atom is 0.320 e. The molecule has 2 heterocycles. The number of nitrogens with one attached hydrogen (secondary N) is 3. The van der Waals surface area contributed by atoms with E-state index in [1.807, 2.05) is 30.3 Å². The van der Waals surface area contributed by atoms with Crippen molar-refractivity contribution in [3.05, 3.63) is 47.7 Å². The Morgan fingerprint density at radius 2 is 1.97 bits per heavy atom. The quantitative estimate of drug-likeness (QED) is 0.390. The first kappa shape index (κ1) is 19.2. The summed E-state index contributed by atoms with van der Waals surface area (Å²) in [6.07, 6.45) is 3.04. The molecule has 1 fully saturated rings. The number of aromatic hydroxyl groups is 1. The van der Waals surface area contributed by atoms with Crippen molar-refractivity contribution in [1.82, 2.24) is 20.5 Å². The highest BCUT2D eigenvalue weighted by molar-refractivity contribution is 5.93. The van der Waals surface area contributed by atoms with Crippen molar-refractivity contribution in [2.24, 2.45) is 0 Å². The van der Waals surface area contributed by atoms with Crippen LogP contribution in [0, 0.1) is 0 Å². The van der Waals surface area contributed by atoms with Crippen LogP contribution in [0.4, 0.5) is 10.6 Å². The predicted octanol–water partition coefficient (Wildman–Crippen LogP) is 2.32. The lowest BCUT2D eigenvalue weighted by Crippen LogP contribution is -2.45. The molecule has 9 nitrogen and oxygen atoms in total. The zero-order chi connectivity index (χ0) is 20.4. The molecule has 0 bridgehead atoms. The summed E-state index contributed by atoms with van der Waals surface area (Å²) in [4.78, 5) is 16.9. The van der Waals surface area contributed by atoms with E-state index in [0.717, 1.165) is 18.4 Å². The monoisotopic (exact) mass is 397 g/mol. The minimum absolute atomic E-state index is 0.188. The SMILES string of the molecule is O=C(Nc1cc2[nH]nc(O)c2c(CO)n1)N[C@@H](c1ccccc1)C1(O)CCCC1. The number of carbonyl (C=O) groups is 1. The Labute approximate surface area is 166 Å². The number of aliphatic hydroxyl groups is 2. The van der Waals surface area contributed by atoms with Crippen molar-refractivity contribution in [2.45, 2.75) is 43.9 Å². The van der Waals surface area contributed by atoms with Crippen molar-refractivity contribution in [2.75, 3.05) is 5.32 Å². The number of hydrogen-bond donors (Lipinski definition) is 6. The normalized spacial score (nSPS) is 16.6. The van der Waals surface area contributed by atoms with Crippen LogP contribution in [-0.2, 0) is 6.61 Å². The number of aromatic amines is 1. The van der Waals surface area contributed by atoms with E-state index in [-0.39, 0.29) is 17.4 Å². The number of nitrogens with zero attached hydrogens (tertiary/aromatic N) is 2. The Bertz CT molecular complexity index is 1010. The minimum atomic E-state index is -1.01. The number of H-pyrrole nitrogens is 1. The number of amides is 2. The van der Waals surface area contributed by atoms with Crippen molar-refractivity contribution >= 4 is 22.8 Å². The van der Waals surface area contributed by atoms with Crippen molar-refractivity contribution < 1.29 is 20.1 Å². The van der Waals surface area contributed by atoms with Crippen LogP contribution in [0.1, 0.15) is 43.0 Å². The van der Waals surface area contributed by atoms with Gasteiger partial charge in [0.25, 0.3) is 0 Å². The van der Waals surface area contributed by atoms with Gasteiger partial charge in [0.2, 0.25) is 5.88 Å². The smallest absolute Gasteiger partial charge is 0.320 e. The fourth-order valence-corrected chi connectivity index (χ4v) is 4.02. The highest BCUT2D eigenvalue weighted by Crippen LogP contribution is 2.39. The zero-order valence-corrected chi connectivity index (χ0v) is 15.7. The first-order valence-electron chi connectivity index (χ1n) is 9.53. The van der Waals surface area contributed by atoms with Crippen LogP contribution in [0.15, 0.2) is 36.4 Å². The van der Waals surface area contributed by atoms with Gasteiger partial charge >= 0.3 is 6.03 Å². The molecule has 0 saturated heterocycles. The maximum absolute atomic E-state index is 12.7. The molecule has 3 aromatic rings. The molecule has 4 rings (SSSR count). The van der Waals surface area contributed by atoms with Crippen molar-refractivity contribution in [3.63, 3.8) is 0 Å². The lowest BCUT2D eigenvalue weighted by molar-refractivity contribution is 0.0113. The topological polar surface area (TPSA) is 143 Å². The molecule has 2 aromatic heterocycles. The number of urea groups is 1. The zero-order valence-electron chi connectivity index (χ0n) is 15.7. The molecule has 2 amide bonds. The van der Waals surface area contributed by atoms with Gasteiger partial charge in [-0.15, -0.1) is 5.10 Å². The number of benzene rings is 1. The second-order valence-corrected chi connectivity index (χ2v) is 7.33. The molecule has 6 N–H and O–H groups in total. The van der Waals surface area contributed by atoms with Crippen LogP contribution in [0.3, 0.4) is 0 Å². The van der Waals surface area contributed by atoms with Crippen LogP contribution >= 0.6 is 0 Å². The van der Waals surface area contributed by atoms with Crippen LogP contribution < -0.4 is 10.6 Å². The molecule has 1 aliphatic rings. The molecule has 152 valence electrons. The summed E-state index contributed by atoms with van der Waals surface area (Å²) in [7, 11) is 0. The molecule has 1 atom stereocenters. The van der Waals surface area contributed by atoms with E-state index < -0.39 is 24.3 Å². The summed E-state index contributed by atoms with van der Waals surface area (Å²) < 4.78 is 0. The maximum atomic E-state index is 12.7. The average molecular weight is 397 g/mol. The van der Waals surface area contributed by atoms with Gasteiger partial charge in [0.1, 0.15) is 5.82 Å². The second kappa shape index (κ2) is 7.69. The van der Waals surface area contributed by atoms with Gasteiger partial charge in [0, 0.05) is 6.07 Å². The minimum Gasteiger partial charge on any atom is -0.492 e. The number of aliphatic hydroxyl groups excluding tert-OH is 1. The highest BCUT2D eigenvalue weighted by Gasteiger charge is 2.41. The molecule has 0 spiro atoms. The fourth-order valence-electron chi connectivity index (χ4n) is 4.02. The Morgan fingerprint density at radius 1 is 1.24 bits per heavy atom. The Morgan fingerprint density at radius 3 is 2.66 bits per heavy atom. The van der Waals surface area contributed by atoms with Gasteiger partial charge in [-0.2, -0.15) is 0 Å². The third kappa shape index (κ3) is 3.74. The predicted molar refractivity (Wildman–Crippen MR) is 106 cm³/mol. The van der Waals surface area contributed by atoms with Crippen LogP contribution in [0.2, 0.25) is 0 Å². The van der Waals surface area contributed by atoms with Crippen LogP contribution in [0.5, 0.6) is 5.88 Å². The molecule has 1 saturated carbocycles. The molecular formula is C20H23N5O4. The first-order chi connectivity index (χ1) is 14.0. The molecule has 0 aliphatic heterocycles. The third-order valence-electron chi connectivity index (χ3n) is 5.41. The summed E-state index contributed by atoms with van der Waals surface area (Å²) in [5.41, 5.74) is 0.440. The Kier molecular flexibility index (Phi) is 5.08. The Balaban J connectivity index is 1.58. The van der Waals surface area contributed by atoms with Gasteiger partial charge in [-0.05, 0) is 18.4 Å². The summed E-state index contributed by atoms with van der Waals surface area (Å²) in [5.74, 6) is -0.0759. The summed E-state index contributed by atoms with van der Waals surface area (Å²) in [6.45, 7) is -0.423. The van der Waals surface area contributed by atoms with Gasteiger partial charge in [0.05, 0.1) is 34.8 Å². The molecule has 29 heavy (non-hydrogen) atoms. The third-order valence-corrected chi connectivity index (χ3v) is 5.41. The molecule has 0 radical (unpaired) electrons. The summed E-state index contributed by atoms with van der Waals surface area (Å²) in [6, 6.07) is 9.80. The standard InChI is InChI=1S/C20H23N5O4/c26-11-14-16-13(24-25-18(16)27)10-15(21-14)22-19(28)23-17(12-6-2-1-3-7-12)20(29)8-4-5-9-20/h1-3,6-7,10,17,26,29H,4-5,8-9,11H2,(H2,24,25,27)(H2,21,22,23,28)/t17-/m0/s1. The van der Waals surface area contributed by atoms with Crippen LogP contribution in [0.25, 0.3) is 10.9 Å². The molecular weight excluding hydrogens is 374 g/mol. The highest BCUT2D eigenvalue weighted by atomic mass is 16.3. The van der Waals surface area contributed by atoms with Gasteiger partial charge in [0.15, 0.2) is 0 Å². The number of anilines is 1. The van der Waals surface area contributed by atoms with E-state index in [1.54, 1.807) is 0 Å². The number of hydrogen-bond acceptors (Lipinski definition) is 6. The van der Waals surface area contributed by atoms with E-state index in [2.05, 4.69) is 25.8 Å². The van der Waals surface area contributed by atoms with Gasteiger partial charge in [-0.1, -0.05) is 43.2 Å². The number of rotatable bonds is 5. The molecule has 1 aromatic carbocycles. The summed E-state index contributed by atoms with van der Waals surface area (Å²) >= 11 is 0. The van der Waals surface area contributed by atoms with E-state index >= 15 is 0 Å². The van der Waals surface area contributed by atoms with E-state index in [9.17, 15) is 20.1 Å². The summed E-state index contributed by atoms with van der Waals surface area (Å²) in [5, 5.41) is 42.6. The molecule has 0 unspecified atom stereocenters. The second-order valence-electron chi connectivity index (χ2n) is 7.33. The fraction of sp³-hybridized carbons (Fsp3) is 0.350. The largest absolute Gasteiger partial charge is 0.492 e. The molecule has 9 heteroatoms. The Hall–Kier alpha value is -3.17. The van der Waals surface area contributed by atoms with Gasteiger partial charge in [-0.3, -0.25) is 10.4 Å². The lowest BCUT2D eigenvalue weighted by atomic mass is 9.87. The first-order valence-corrected chi connectivity index (χ1v) is 9.53. The number of aromatic nitrogens is 3. The van der Waals surface area contributed by atoms with Crippen LogP contribution in [-0.4, -0.2) is 42.1 Å². The van der Waals surface area contributed by atoms with E-state index in [4.69, 9.17) is 0 Å². The van der Waals surface area contributed by atoms with E-state index in [0.29, 0.717) is 23.7 Å². The van der Waals surface area contributed by atoms with Gasteiger partial charge in [-0.25, -0.2) is 9.78 Å². The van der Waals surface area contributed by atoms with Crippen molar-refractivity contribution in [1.29, 1.82) is 0 Å². The van der Waals surface area contributed by atoms with Gasteiger partial charge < -0.3 is 20.6 Å². The van der Waals surface area contributed by atoms with Crippen molar-refractivity contribution in [3.8, 4) is 5.88 Å².